The van der Waals surface area contributed by atoms with Crippen molar-refractivity contribution in [3.63, 3.8) is 0 Å². The van der Waals surface area contributed by atoms with Gasteiger partial charge in [-0.25, -0.2) is 18.7 Å². The van der Waals surface area contributed by atoms with Gasteiger partial charge >= 0.3 is 0 Å². The standard InChI is InChI=1S/C29H24F2N4O4S2/c1-17-13-21(32-15-20-9-6-10-24(39-2)26(20)36)16-33-28(17)41(37,38)35-29-34-25(19-11-12-22(30)23(31)14-19)27(40-29)18-7-4-3-5-8-18/h3-14,16,32,36H,15H2,1-2H3,(H,34,35). The molecule has 3 N–H and O–H groups in total. The Morgan fingerprint density at radius 3 is 2.46 bits per heavy atom. The summed E-state index contributed by atoms with van der Waals surface area (Å²) in [5, 5.41) is 13.3. The van der Waals surface area contributed by atoms with E-state index in [-0.39, 0.29) is 22.5 Å². The topological polar surface area (TPSA) is 113 Å². The van der Waals surface area contributed by atoms with Crippen LogP contribution in [0.4, 0.5) is 19.6 Å². The Morgan fingerprint density at radius 1 is 0.976 bits per heavy atom. The first-order valence-electron chi connectivity index (χ1n) is 12.3. The summed E-state index contributed by atoms with van der Waals surface area (Å²) in [5.41, 5.74) is 2.86. The lowest BCUT2D eigenvalue weighted by Crippen LogP contribution is -2.16. The zero-order chi connectivity index (χ0) is 29.1. The smallest absolute Gasteiger partial charge is 0.281 e. The van der Waals surface area contributed by atoms with Gasteiger partial charge in [-0.3, -0.25) is 4.72 Å². The fourth-order valence-electron chi connectivity index (χ4n) is 4.16. The molecule has 2 aromatic heterocycles. The molecule has 0 fully saturated rings. The van der Waals surface area contributed by atoms with Crippen LogP contribution in [0.1, 0.15) is 11.1 Å². The van der Waals surface area contributed by atoms with Crippen LogP contribution in [0.5, 0.6) is 11.5 Å². The van der Waals surface area contributed by atoms with Crippen molar-refractivity contribution in [2.45, 2.75) is 18.5 Å². The Hall–Kier alpha value is -4.55. The summed E-state index contributed by atoms with van der Waals surface area (Å²) < 4.78 is 61.9. The van der Waals surface area contributed by atoms with Gasteiger partial charge < -0.3 is 15.2 Å². The number of pyridine rings is 1. The Kier molecular flexibility index (Phi) is 7.86. The molecule has 0 aliphatic heterocycles. The Labute approximate surface area is 239 Å². The van der Waals surface area contributed by atoms with Crippen molar-refractivity contribution in [3.8, 4) is 33.2 Å². The maximum Gasteiger partial charge on any atom is 0.281 e. The minimum absolute atomic E-state index is 0.0108. The number of benzene rings is 3. The van der Waals surface area contributed by atoms with Crippen LogP contribution >= 0.6 is 11.3 Å². The molecule has 8 nitrogen and oxygen atoms in total. The van der Waals surface area contributed by atoms with E-state index in [1.807, 2.05) is 30.3 Å². The highest BCUT2D eigenvalue weighted by Gasteiger charge is 2.24. The molecule has 12 heteroatoms. The second kappa shape index (κ2) is 11.5. The molecule has 0 aliphatic rings. The van der Waals surface area contributed by atoms with Crippen molar-refractivity contribution in [1.29, 1.82) is 0 Å². The highest BCUT2D eigenvalue weighted by Crippen LogP contribution is 2.40. The van der Waals surface area contributed by atoms with Crippen LogP contribution in [0.15, 0.2) is 84.0 Å². The lowest BCUT2D eigenvalue weighted by Gasteiger charge is -2.12. The van der Waals surface area contributed by atoms with Crippen LogP contribution in [0.25, 0.3) is 21.7 Å². The van der Waals surface area contributed by atoms with Gasteiger partial charge in [-0.1, -0.05) is 53.8 Å². The number of aromatic hydroxyl groups is 1. The van der Waals surface area contributed by atoms with E-state index < -0.39 is 21.7 Å². The van der Waals surface area contributed by atoms with Crippen molar-refractivity contribution in [1.82, 2.24) is 9.97 Å². The third-order valence-electron chi connectivity index (χ3n) is 6.15. The zero-order valence-corrected chi connectivity index (χ0v) is 23.5. The molecule has 3 aromatic carbocycles. The predicted octanol–water partition coefficient (Wildman–Crippen LogP) is 6.59. The minimum Gasteiger partial charge on any atom is -0.504 e. The van der Waals surface area contributed by atoms with Crippen molar-refractivity contribution in [3.05, 3.63) is 102 Å². The van der Waals surface area contributed by atoms with Crippen LogP contribution < -0.4 is 14.8 Å². The van der Waals surface area contributed by atoms with Crippen LogP contribution in [0.3, 0.4) is 0 Å². The lowest BCUT2D eigenvalue weighted by atomic mass is 10.1. The number of rotatable bonds is 9. The van der Waals surface area contributed by atoms with Crippen molar-refractivity contribution in [2.75, 3.05) is 17.1 Å². The maximum atomic E-state index is 14.0. The third kappa shape index (κ3) is 5.98. The molecule has 0 spiro atoms. The summed E-state index contributed by atoms with van der Waals surface area (Å²) in [6.07, 6.45) is 1.38. The average molecular weight is 595 g/mol. The molecule has 2 heterocycles. The Balaban J connectivity index is 1.41. The monoisotopic (exact) mass is 594 g/mol. The van der Waals surface area contributed by atoms with Gasteiger partial charge in [0.25, 0.3) is 10.0 Å². The van der Waals surface area contributed by atoms with E-state index in [0.717, 1.165) is 29.0 Å². The number of halogens is 2. The number of ether oxygens (including phenoxy) is 1. The largest absolute Gasteiger partial charge is 0.504 e. The van der Waals surface area contributed by atoms with Gasteiger partial charge in [-0.05, 0) is 48.4 Å². The zero-order valence-electron chi connectivity index (χ0n) is 21.9. The number of aryl methyl sites for hydroxylation is 1. The molecule has 5 rings (SSSR count). The third-order valence-corrected chi connectivity index (χ3v) is 8.70. The van der Waals surface area contributed by atoms with E-state index >= 15 is 0 Å². The van der Waals surface area contributed by atoms with E-state index in [0.29, 0.717) is 38.7 Å². The highest BCUT2D eigenvalue weighted by atomic mass is 32.2. The number of hydrogen-bond donors (Lipinski definition) is 3. The van der Waals surface area contributed by atoms with Gasteiger partial charge in [0, 0.05) is 17.7 Å². The first-order chi connectivity index (χ1) is 19.7. The van der Waals surface area contributed by atoms with Gasteiger partial charge in [-0.15, -0.1) is 0 Å². The molecule has 210 valence electrons. The fraction of sp³-hybridized carbons (Fsp3) is 0.103. The number of sulfonamides is 1. The number of phenols is 1. The highest BCUT2D eigenvalue weighted by molar-refractivity contribution is 7.92. The van der Waals surface area contributed by atoms with Crippen molar-refractivity contribution in [2.24, 2.45) is 0 Å². The Morgan fingerprint density at radius 2 is 1.76 bits per heavy atom. The van der Waals surface area contributed by atoms with Gasteiger partial charge in [0.1, 0.15) is 0 Å². The summed E-state index contributed by atoms with van der Waals surface area (Å²) in [5.74, 6) is -1.68. The maximum absolute atomic E-state index is 14.0. The first kappa shape index (κ1) is 28.0. The number of thiazole rings is 1. The number of anilines is 2. The summed E-state index contributed by atoms with van der Waals surface area (Å²) in [6.45, 7) is 1.86. The SMILES string of the molecule is COc1cccc(CNc2cnc(S(=O)(=O)Nc3nc(-c4ccc(F)c(F)c4)c(-c4ccccc4)s3)c(C)c2)c1O. The van der Waals surface area contributed by atoms with Crippen molar-refractivity contribution < 1.29 is 27.0 Å². The molecule has 0 unspecified atom stereocenters. The van der Waals surface area contributed by atoms with Crippen molar-refractivity contribution >= 4 is 32.2 Å². The summed E-state index contributed by atoms with van der Waals surface area (Å²) >= 11 is 1.07. The number of methoxy groups -OCH3 is 1. The second-order valence-electron chi connectivity index (χ2n) is 8.96. The molecule has 41 heavy (non-hydrogen) atoms. The summed E-state index contributed by atoms with van der Waals surface area (Å²) in [4.78, 5) is 9.19. The van der Waals surface area contributed by atoms with Gasteiger partial charge in [0.2, 0.25) is 0 Å². The van der Waals surface area contributed by atoms with Crippen LogP contribution in [0, 0.1) is 18.6 Å². The Bertz CT molecular complexity index is 1830. The fourth-order valence-corrected chi connectivity index (χ4v) is 6.55. The molecule has 0 aliphatic carbocycles. The molecule has 0 saturated heterocycles. The predicted molar refractivity (Wildman–Crippen MR) is 155 cm³/mol. The van der Waals surface area contributed by atoms with E-state index in [1.165, 1.54) is 19.4 Å². The normalized spacial score (nSPS) is 11.3. The summed E-state index contributed by atoms with van der Waals surface area (Å²) in [7, 11) is -2.70. The number of para-hydroxylation sites is 1. The van der Waals surface area contributed by atoms with Gasteiger partial charge in [0.05, 0.1) is 29.6 Å². The van der Waals surface area contributed by atoms with E-state index in [9.17, 15) is 22.3 Å². The second-order valence-corrected chi connectivity index (χ2v) is 11.6. The average Bonchev–Trinajstić information content (AvgIpc) is 3.37. The molecule has 0 amide bonds. The van der Waals surface area contributed by atoms with Gasteiger partial charge in [0.15, 0.2) is 33.3 Å². The lowest BCUT2D eigenvalue weighted by molar-refractivity contribution is 0.371. The molecule has 0 radical (unpaired) electrons. The number of aromatic nitrogens is 2. The number of nitrogens with zero attached hydrogens (tertiary/aromatic N) is 2. The molecular weight excluding hydrogens is 570 g/mol. The molecule has 0 bridgehead atoms. The van der Waals surface area contributed by atoms with E-state index in [4.69, 9.17) is 4.74 Å². The van der Waals surface area contributed by atoms with Crippen LogP contribution in [-0.4, -0.2) is 30.6 Å². The number of phenolic OH excluding ortho intramolecular Hbond substituents is 1. The summed E-state index contributed by atoms with van der Waals surface area (Å²) in [6, 6.07) is 19.3. The molecular formula is C29H24F2N4O4S2. The van der Waals surface area contributed by atoms with E-state index in [1.54, 1.807) is 31.2 Å². The first-order valence-corrected chi connectivity index (χ1v) is 14.6. The quantitative estimate of drug-likeness (QED) is 0.177. The molecule has 0 atom stereocenters. The van der Waals surface area contributed by atoms with Gasteiger partial charge in [-0.2, -0.15) is 8.42 Å². The number of nitrogens with one attached hydrogen (secondary N) is 2. The van der Waals surface area contributed by atoms with Crippen LogP contribution in [-0.2, 0) is 16.6 Å². The van der Waals surface area contributed by atoms with Crippen LogP contribution in [0.2, 0.25) is 0 Å². The van der Waals surface area contributed by atoms with E-state index in [2.05, 4.69) is 20.0 Å². The molecule has 0 saturated carbocycles. The minimum atomic E-state index is -4.16. The number of hydrogen-bond acceptors (Lipinski definition) is 8. The molecule has 5 aromatic rings.